The van der Waals surface area contributed by atoms with Crippen molar-refractivity contribution in [1.29, 1.82) is 0 Å². The number of anilines is 2. The fourth-order valence-corrected chi connectivity index (χ4v) is 4.98. The van der Waals surface area contributed by atoms with E-state index in [9.17, 15) is 14.7 Å². The second-order valence-corrected chi connectivity index (χ2v) is 10.3. The number of Topliss-reactive ketones (excluding diaryl/α,β-unsaturated/α-hetero) is 1. The maximum absolute atomic E-state index is 12.1. The predicted molar refractivity (Wildman–Crippen MR) is 155 cm³/mol. The van der Waals surface area contributed by atoms with Crippen molar-refractivity contribution in [3.05, 3.63) is 77.4 Å². The zero-order valence-corrected chi connectivity index (χ0v) is 22.2. The zero-order valence-electron chi connectivity index (χ0n) is 22.2. The number of hydrogen-bond donors (Lipinski definition) is 1. The summed E-state index contributed by atoms with van der Waals surface area (Å²) >= 11 is 0. The highest BCUT2D eigenvalue weighted by Gasteiger charge is 2.30. The first-order valence-corrected chi connectivity index (χ1v) is 12.8. The highest BCUT2D eigenvalue weighted by molar-refractivity contribution is 6.03. The molecule has 1 aliphatic heterocycles. The Morgan fingerprint density at radius 1 is 0.842 bits per heavy atom. The molecule has 6 heteroatoms. The van der Waals surface area contributed by atoms with Crippen LogP contribution in [0.15, 0.2) is 66.2 Å². The maximum Gasteiger partial charge on any atom is 0.162 e. The summed E-state index contributed by atoms with van der Waals surface area (Å²) in [6.07, 6.45) is 5.16. The lowest BCUT2D eigenvalue weighted by atomic mass is 9.87. The molecule has 1 saturated carbocycles. The van der Waals surface area contributed by atoms with E-state index in [-0.39, 0.29) is 17.6 Å². The first kappa shape index (κ1) is 25.3. The van der Waals surface area contributed by atoms with Crippen molar-refractivity contribution < 1.29 is 19.4 Å². The molecule has 38 heavy (non-hydrogen) atoms. The molecule has 0 spiro atoms. The number of aromatic hydroxyl groups is 1. The van der Waals surface area contributed by atoms with Crippen LogP contribution in [-0.4, -0.2) is 51.5 Å². The van der Waals surface area contributed by atoms with Crippen LogP contribution in [0.3, 0.4) is 0 Å². The normalized spacial score (nSPS) is 15.9. The van der Waals surface area contributed by atoms with Crippen LogP contribution in [-0.2, 0) is 4.79 Å². The Labute approximate surface area is 222 Å². The smallest absolute Gasteiger partial charge is 0.162 e. The molecule has 6 rings (SSSR count). The lowest BCUT2D eigenvalue weighted by molar-refractivity contribution is -0.117. The lowest BCUT2D eigenvalue weighted by Crippen LogP contribution is -2.31. The van der Waals surface area contributed by atoms with Gasteiger partial charge in [-0.15, -0.1) is 0 Å². The van der Waals surface area contributed by atoms with E-state index in [0.29, 0.717) is 18.3 Å². The first-order chi connectivity index (χ1) is 18.2. The Balaban J connectivity index is 0.000000163. The number of phenolic OH excluding ortho intramolecular Hbond substituents is 1. The number of carbonyl (C=O) groups excluding carboxylic acids is 2. The molecule has 2 aliphatic rings. The quantitative estimate of drug-likeness (QED) is 0.331. The van der Waals surface area contributed by atoms with Gasteiger partial charge >= 0.3 is 0 Å². The topological polar surface area (TPSA) is 70.1 Å². The average Bonchev–Trinajstić information content (AvgIpc) is 2.90. The number of fused-ring (bicyclic) bond motifs is 4. The van der Waals surface area contributed by atoms with Gasteiger partial charge in [-0.3, -0.25) is 9.59 Å². The molecule has 194 valence electrons. The molecule has 1 unspecified atom stereocenters. The number of benzene rings is 4. The van der Waals surface area contributed by atoms with Crippen LogP contribution in [0, 0.1) is 0 Å². The maximum atomic E-state index is 12.1. The van der Waals surface area contributed by atoms with Gasteiger partial charge in [0, 0.05) is 57.1 Å². The predicted octanol–water partition coefficient (Wildman–Crippen LogP) is 6.23. The molecule has 6 nitrogen and oxygen atoms in total. The van der Waals surface area contributed by atoms with Gasteiger partial charge in [-0.1, -0.05) is 12.1 Å². The molecule has 1 atom stereocenters. The molecule has 0 aromatic heterocycles. The van der Waals surface area contributed by atoms with E-state index in [1.54, 1.807) is 12.1 Å². The number of carbonyl (C=O) groups is 2. The third-order valence-electron chi connectivity index (χ3n) is 7.20. The molecule has 1 N–H and O–H groups in total. The molecule has 0 radical (unpaired) electrons. The van der Waals surface area contributed by atoms with Gasteiger partial charge in [0.15, 0.2) is 12.1 Å². The van der Waals surface area contributed by atoms with Gasteiger partial charge < -0.3 is 19.6 Å². The number of ether oxygens (including phenoxy) is 1. The van der Waals surface area contributed by atoms with E-state index >= 15 is 0 Å². The molecule has 1 heterocycles. The number of ketones is 1. The number of hydrogen-bond acceptors (Lipinski definition) is 6. The summed E-state index contributed by atoms with van der Waals surface area (Å²) in [5.74, 6) is 1.16. The van der Waals surface area contributed by atoms with Crippen molar-refractivity contribution in [2.24, 2.45) is 0 Å². The van der Waals surface area contributed by atoms with E-state index in [2.05, 4.69) is 35.2 Å². The van der Waals surface area contributed by atoms with Crippen LogP contribution in [0.25, 0.3) is 27.6 Å². The van der Waals surface area contributed by atoms with Gasteiger partial charge in [0.1, 0.15) is 17.6 Å². The van der Waals surface area contributed by atoms with Crippen molar-refractivity contribution in [3.8, 4) is 11.5 Å². The summed E-state index contributed by atoms with van der Waals surface area (Å²) in [5, 5.41) is 13.8. The fraction of sp³-hybridized carbons (Fsp3) is 0.250. The summed E-state index contributed by atoms with van der Waals surface area (Å²) in [6, 6.07) is 19.8. The highest BCUT2D eigenvalue weighted by Crippen LogP contribution is 2.38. The summed E-state index contributed by atoms with van der Waals surface area (Å²) in [6.45, 7) is 0. The molecule has 0 bridgehead atoms. The lowest BCUT2D eigenvalue weighted by Gasteiger charge is -2.30. The number of phenols is 1. The fourth-order valence-electron chi connectivity index (χ4n) is 4.98. The van der Waals surface area contributed by atoms with Crippen molar-refractivity contribution in [1.82, 2.24) is 0 Å². The molecule has 4 aromatic rings. The molecular formula is C32H32N2O4. The van der Waals surface area contributed by atoms with Crippen molar-refractivity contribution >= 4 is 51.1 Å². The molecule has 0 saturated heterocycles. The van der Waals surface area contributed by atoms with Crippen molar-refractivity contribution in [3.63, 3.8) is 0 Å². The van der Waals surface area contributed by atoms with Crippen molar-refractivity contribution in [2.45, 2.75) is 25.4 Å². The van der Waals surface area contributed by atoms with E-state index in [4.69, 9.17) is 4.74 Å². The molecular weight excluding hydrogens is 476 g/mol. The van der Waals surface area contributed by atoms with Crippen LogP contribution < -0.4 is 14.5 Å². The SMILES string of the molecule is CN(C)c1ccc2cc(C=O)c(O)cc2c1.CN(C)c1ccc2cc3c(cc2c1)OC1CCCC(=O)C1=C3. The van der Waals surface area contributed by atoms with Gasteiger partial charge in [0.05, 0.1) is 5.56 Å². The van der Waals surface area contributed by atoms with Gasteiger partial charge in [0.25, 0.3) is 0 Å². The largest absolute Gasteiger partial charge is 0.507 e. The Hall–Kier alpha value is -4.32. The first-order valence-electron chi connectivity index (χ1n) is 12.8. The Morgan fingerprint density at radius 3 is 2.11 bits per heavy atom. The van der Waals surface area contributed by atoms with Crippen LogP contribution in [0.2, 0.25) is 0 Å². The van der Waals surface area contributed by atoms with E-state index < -0.39 is 0 Å². The molecule has 1 aliphatic carbocycles. The van der Waals surface area contributed by atoms with Crippen LogP contribution in [0.4, 0.5) is 11.4 Å². The van der Waals surface area contributed by atoms with E-state index in [1.165, 1.54) is 16.5 Å². The number of aldehydes is 1. The molecule has 4 aromatic carbocycles. The van der Waals surface area contributed by atoms with Gasteiger partial charge in [-0.2, -0.15) is 0 Å². The number of rotatable bonds is 3. The van der Waals surface area contributed by atoms with Gasteiger partial charge in [-0.25, -0.2) is 0 Å². The summed E-state index contributed by atoms with van der Waals surface area (Å²) in [7, 11) is 8.00. The third kappa shape index (κ3) is 4.94. The van der Waals surface area contributed by atoms with E-state index in [1.807, 2.05) is 57.4 Å². The second-order valence-electron chi connectivity index (χ2n) is 10.3. The standard InChI is InChI=1S/C19H19NO2.C13H13NO2/c1-20(2)15-7-6-12-8-14-10-16-17(21)4-3-5-18(16)22-19(14)11-13(12)9-15;1-14(2)12-4-3-9-5-11(8-15)13(16)7-10(9)6-12/h6-11,18H,3-5H2,1-2H3;3-8,16H,1-2H3. The summed E-state index contributed by atoms with van der Waals surface area (Å²) < 4.78 is 6.11. The third-order valence-corrected chi connectivity index (χ3v) is 7.20. The minimum atomic E-state index is -0.0526. The van der Waals surface area contributed by atoms with Gasteiger partial charge in [0.2, 0.25) is 0 Å². The average molecular weight is 509 g/mol. The zero-order chi connectivity index (χ0) is 27.0. The Morgan fingerprint density at radius 2 is 1.47 bits per heavy atom. The number of nitrogens with zero attached hydrogens (tertiary/aromatic N) is 2. The minimum Gasteiger partial charge on any atom is -0.507 e. The monoisotopic (exact) mass is 508 g/mol. The second kappa shape index (κ2) is 10.2. The highest BCUT2D eigenvalue weighted by atomic mass is 16.5. The molecule has 1 fully saturated rings. The van der Waals surface area contributed by atoms with Crippen LogP contribution >= 0.6 is 0 Å². The molecule has 0 amide bonds. The van der Waals surface area contributed by atoms with Crippen LogP contribution in [0.1, 0.15) is 35.2 Å². The summed E-state index contributed by atoms with van der Waals surface area (Å²) in [5.41, 5.74) is 4.43. The Bertz CT molecular complexity index is 1590. The van der Waals surface area contributed by atoms with Crippen LogP contribution in [0.5, 0.6) is 11.5 Å². The van der Waals surface area contributed by atoms with E-state index in [0.717, 1.165) is 46.2 Å². The summed E-state index contributed by atoms with van der Waals surface area (Å²) in [4.78, 5) is 26.8. The van der Waals surface area contributed by atoms with Crippen molar-refractivity contribution in [2.75, 3.05) is 38.0 Å². The minimum absolute atomic E-state index is 0.0263. The Kier molecular flexibility index (Phi) is 6.81. The van der Waals surface area contributed by atoms with Gasteiger partial charge in [-0.05, 0) is 89.0 Å².